The minimum atomic E-state index is 0.510. The molecule has 0 fully saturated rings. The molecule has 220 valence electrons. The second kappa shape index (κ2) is 11.0. The van der Waals surface area contributed by atoms with Gasteiger partial charge in [-0.05, 0) is 85.0 Å². The number of benzene rings is 5. The average Bonchev–Trinajstić information content (AvgIpc) is 3.60. The molecule has 5 aromatic carbocycles. The lowest BCUT2D eigenvalue weighted by molar-refractivity contribution is 0.449. The molecule has 7 heteroatoms. The highest BCUT2D eigenvalue weighted by molar-refractivity contribution is 6.10. The predicted octanol–water partition coefficient (Wildman–Crippen LogP) is 10.3. The van der Waals surface area contributed by atoms with E-state index >= 15 is 0 Å². The molecule has 0 aliphatic carbocycles. The number of aryl methyl sites for hydroxylation is 2. The van der Waals surface area contributed by atoms with Gasteiger partial charge in [0.05, 0.1) is 34.3 Å². The van der Waals surface area contributed by atoms with Crippen LogP contribution in [0.15, 0.2) is 128 Å². The quantitative estimate of drug-likeness (QED) is 0.179. The van der Waals surface area contributed by atoms with E-state index in [1.807, 2.05) is 91.0 Å². The molecule has 0 bridgehead atoms. The first-order valence-electron chi connectivity index (χ1n) is 14.9. The van der Waals surface area contributed by atoms with Gasteiger partial charge in [0.1, 0.15) is 17.2 Å². The molecule has 0 aliphatic rings. The topological polar surface area (TPSA) is 58.5 Å². The van der Waals surface area contributed by atoms with Gasteiger partial charge in [0.2, 0.25) is 11.8 Å². The normalized spacial score (nSPS) is 11.2. The first-order valence-corrected chi connectivity index (χ1v) is 14.9. The predicted molar refractivity (Wildman–Crippen MR) is 182 cm³/mol. The third-order valence-electron chi connectivity index (χ3n) is 8.16. The van der Waals surface area contributed by atoms with Gasteiger partial charge in [0.15, 0.2) is 5.69 Å². The number of hydrogen-bond donors (Lipinski definition) is 0. The van der Waals surface area contributed by atoms with E-state index in [9.17, 15) is 0 Å². The van der Waals surface area contributed by atoms with E-state index < -0.39 is 0 Å². The van der Waals surface area contributed by atoms with Gasteiger partial charge in [-0.25, -0.2) is 14.8 Å². The summed E-state index contributed by atoms with van der Waals surface area (Å²) in [6, 6.07) is 39.5. The number of para-hydroxylation sites is 3. The zero-order chi connectivity index (χ0) is 31.2. The first kappa shape index (κ1) is 27.2. The van der Waals surface area contributed by atoms with Crippen LogP contribution in [-0.2, 0) is 0 Å². The average molecular weight is 598 g/mol. The van der Waals surface area contributed by atoms with Crippen molar-refractivity contribution in [3.63, 3.8) is 0 Å². The number of ether oxygens (including phenoxy) is 2. The second-order valence-electron chi connectivity index (χ2n) is 11.2. The molecule has 8 rings (SSSR count). The van der Waals surface area contributed by atoms with Crippen LogP contribution in [0.4, 0.5) is 5.69 Å². The zero-order valence-electron chi connectivity index (χ0n) is 25.2. The molecule has 0 saturated carbocycles. The number of nitrogens with zero attached hydrogens (tertiary/aromatic N) is 5. The summed E-state index contributed by atoms with van der Waals surface area (Å²) in [4.78, 5) is 13.2. The molecule has 8 aromatic rings. The van der Waals surface area contributed by atoms with E-state index in [4.69, 9.17) is 21.0 Å². The Labute approximate surface area is 265 Å². The van der Waals surface area contributed by atoms with Crippen LogP contribution >= 0.6 is 0 Å². The Hall–Kier alpha value is -6.39. The number of rotatable bonds is 6. The second-order valence-corrected chi connectivity index (χ2v) is 11.2. The number of fused-ring (bicyclic) bond motifs is 4. The molecule has 0 atom stereocenters. The molecule has 0 spiro atoms. The summed E-state index contributed by atoms with van der Waals surface area (Å²) in [6.45, 7) is 11.9. The van der Waals surface area contributed by atoms with Crippen molar-refractivity contribution in [1.29, 1.82) is 0 Å². The minimum absolute atomic E-state index is 0.510. The Balaban J connectivity index is 1.33. The van der Waals surface area contributed by atoms with E-state index in [0.717, 1.165) is 55.6 Å². The Morgan fingerprint density at radius 3 is 2.17 bits per heavy atom. The molecule has 0 amide bonds. The van der Waals surface area contributed by atoms with Gasteiger partial charge in [0, 0.05) is 29.8 Å². The summed E-state index contributed by atoms with van der Waals surface area (Å²) in [7, 11) is 0. The maximum atomic E-state index is 7.68. The minimum Gasteiger partial charge on any atom is -0.457 e. The fourth-order valence-corrected chi connectivity index (χ4v) is 6.14. The summed E-state index contributed by atoms with van der Waals surface area (Å²) in [5.41, 5.74) is 7.75. The number of hydrogen-bond acceptors (Lipinski definition) is 4. The van der Waals surface area contributed by atoms with Crippen LogP contribution in [0.1, 0.15) is 11.1 Å². The summed E-state index contributed by atoms with van der Waals surface area (Å²) in [5.74, 6) is 3.19. The maximum Gasteiger partial charge on any atom is 0.220 e. The van der Waals surface area contributed by atoms with Crippen molar-refractivity contribution in [3.8, 4) is 34.8 Å². The lowest BCUT2D eigenvalue weighted by Crippen LogP contribution is -2.08. The number of imidazole rings is 1. The summed E-state index contributed by atoms with van der Waals surface area (Å²) >= 11 is 0. The number of aromatic nitrogens is 4. The van der Waals surface area contributed by atoms with Gasteiger partial charge in [-0.15, -0.1) is 0 Å². The zero-order valence-corrected chi connectivity index (χ0v) is 25.2. The van der Waals surface area contributed by atoms with E-state index in [-0.39, 0.29) is 0 Å². The Bertz CT molecular complexity index is 2450. The lowest BCUT2D eigenvalue weighted by Gasteiger charge is -2.17. The van der Waals surface area contributed by atoms with Gasteiger partial charge < -0.3 is 9.47 Å². The van der Waals surface area contributed by atoms with Crippen molar-refractivity contribution in [2.24, 2.45) is 0 Å². The highest BCUT2D eigenvalue weighted by Gasteiger charge is 2.22. The van der Waals surface area contributed by atoms with E-state index in [2.05, 4.69) is 63.1 Å². The Kier molecular flexibility index (Phi) is 6.47. The van der Waals surface area contributed by atoms with E-state index in [1.54, 1.807) is 6.20 Å². The molecule has 0 radical (unpaired) electrons. The van der Waals surface area contributed by atoms with E-state index in [1.165, 1.54) is 0 Å². The van der Waals surface area contributed by atoms with Crippen LogP contribution in [0.2, 0.25) is 0 Å². The maximum absolute atomic E-state index is 7.68. The van der Waals surface area contributed by atoms with Gasteiger partial charge >= 0.3 is 0 Å². The largest absolute Gasteiger partial charge is 0.457 e. The van der Waals surface area contributed by atoms with Crippen LogP contribution < -0.4 is 9.47 Å². The lowest BCUT2D eigenvalue weighted by atomic mass is 10.1. The number of pyridine rings is 1. The molecule has 3 heterocycles. The van der Waals surface area contributed by atoms with Crippen molar-refractivity contribution < 1.29 is 9.47 Å². The third-order valence-corrected chi connectivity index (χ3v) is 8.16. The monoisotopic (exact) mass is 597 g/mol. The molecule has 0 saturated heterocycles. The van der Waals surface area contributed by atoms with Gasteiger partial charge in [-0.3, -0.25) is 9.13 Å². The molecule has 7 nitrogen and oxygen atoms in total. The van der Waals surface area contributed by atoms with Crippen LogP contribution in [0.25, 0.3) is 49.3 Å². The van der Waals surface area contributed by atoms with Crippen LogP contribution in [0.3, 0.4) is 0 Å². The van der Waals surface area contributed by atoms with Gasteiger partial charge in [-0.2, -0.15) is 0 Å². The van der Waals surface area contributed by atoms with Crippen LogP contribution in [-0.4, -0.2) is 19.1 Å². The van der Waals surface area contributed by atoms with Gasteiger partial charge in [0.25, 0.3) is 0 Å². The summed E-state index contributed by atoms with van der Waals surface area (Å²) in [6.07, 6.45) is 1.69. The standard InChI is InChI=1S/C39H27N5O2/c1-25-10-8-11-26(2)38(25)44-35-15-5-4-14-33(35)42-39(44)43-34-20-17-27(40-3)22-32(34)31-19-18-30(24-36(31)43)45-28-12-9-13-29(23-28)46-37-16-6-7-21-41-37/h4-24H,1-2H3. The molecule has 0 aliphatic heterocycles. The highest BCUT2D eigenvalue weighted by Crippen LogP contribution is 2.39. The first-order chi connectivity index (χ1) is 22.6. The molecule has 0 unspecified atom stereocenters. The molecule has 46 heavy (non-hydrogen) atoms. The highest BCUT2D eigenvalue weighted by atomic mass is 16.5. The smallest absolute Gasteiger partial charge is 0.220 e. The Morgan fingerprint density at radius 2 is 1.37 bits per heavy atom. The van der Waals surface area contributed by atoms with E-state index in [0.29, 0.717) is 28.8 Å². The molecular formula is C39H27N5O2. The Morgan fingerprint density at radius 1 is 0.609 bits per heavy atom. The molecular weight excluding hydrogens is 570 g/mol. The van der Waals surface area contributed by atoms with Crippen molar-refractivity contribution in [1.82, 2.24) is 19.1 Å². The SMILES string of the molecule is [C-]#[N+]c1ccc2c(c1)c1ccc(Oc3cccc(Oc4ccccn4)c3)cc1n2-c1nc2ccccc2n1-c1c(C)cccc1C. The van der Waals surface area contributed by atoms with Crippen LogP contribution in [0.5, 0.6) is 23.1 Å². The van der Waals surface area contributed by atoms with Crippen LogP contribution in [0, 0.1) is 20.4 Å². The fourth-order valence-electron chi connectivity index (χ4n) is 6.14. The fraction of sp³-hybridized carbons (Fsp3) is 0.0513. The third kappa shape index (κ3) is 4.61. The molecule has 3 aromatic heterocycles. The summed E-state index contributed by atoms with van der Waals surface area (Å²) in [5, 5.41) is 1.97. The van der Waals surface area contributed by atoms with Crippen molar-refractivity contribution in [2.45, 2.75) is 13.8 Å². The molecule has 0 N–H and O–H groups in total. The van der Waals surface area contributed by atoms with Crippen molar-refractivity contribution in [2.75, 3.05) is 0 Å². The van der Waals surface area contributed by atoms with Crippen molar-refractivity contribution >= 4 is 38.5 Å². The summed E-state index contributed by atoms with van der Waals surface area (Å²) < 4.78 is 16.8. The van der Waals surface area contributed by atoms with Gasteiger partial charge in [-0.1, -0.05) is 48.5 Å². The van der Waals surface area contributed by atoms with Crippen molar-refractivity contribution in [3.05, 3.63) is 150 Å².